The van der Waals surface area contributed by atoms with Gasteiger partial charge in [-0.25, -0.2) is 14.4 Å². The van der Waals surface area contributed by atoms with Gasteiger partial charge in [0.05, 0.1) is 15.6 Å². The summed E-state index contributed by atoms with van der Waals surface area (Å²) in [5.74, 6) is -2.34. The first kappa shape index (κ1) is 31.7. The summed E-state index contributed by atoms with van der Waals surface area (Å²) in [6, 6.07) is 14.2. The number of esters is 2. The number of halogens is 1. The molecule has 45 heavy (non-hydrogen) atoms. The Bertz CT molecular complexity index is 1720. The molecule has 3 heterocycles. The maximum atomic E-state index is 14.0. The van der Waals surface area contributed by atoms with Crippen molar-refractivity contribution in [3.63, 3.8) is 0 Å². The fourth-order valence-electron chi connectivity index (χ4n) is 5.10. The zero-order chi connectivity index (χ0) is 32.1. The molecule has 1 N–H and O–H groups in total. The van der Waals surface area contributed by atoms with Gasteiger partial charge in [0.2, 0.25) is 0 Å². The molecule has 0 spiro atoms. The summed E-state index contributed by atoms with van der Waals surface area (Å²) >= 11 is 3.09. The molecule has 16 heteroatoms. The van der Waals surface area contributed by atoms with E-state index >= 15 is 0 Å². The van der Waals surface area contributed by atoms with Crippen LogP contribution in [-0.4, -0.2) is 94.8 Å². The average Bonchev–Trinajstić information content (AvgIpc) is 3.05. The molecule has 0 saturated carbocycles. The molecule has 2 aliphatic heterocycles. The number of hydrogen-bond donors (Lipinski definition) is 1. The Hall–Kier alpha value is -4.76. The van der Waals surface area contributed by atoms with Gasteiger partial charge >= 0.3 is 17.6 Å². The van der Waals surface area contributed by atoms with Crippen molar-refractivity contribution in [3.8, 4) is 0 Å². The third-order valence-corrected chi connectivity index (χ3v) is 8.05. The molecule has 5 unspecified atom stereocenters. The summed E-state index contributed by atoms with van der Waals surface area (Å²) in [6.45, 7) is 1.77. The molecule has 5 rings (SSSR count). The van der Waals surface area contributed by atoms with E-state index in [2.05, 4.69) is 30.9 Å². The van der Waals surface area contributed by atoms with Crippen molar-refractivity contribution in [1.82, 2.24) is 19.4 Å². The molecule has 2 saturated heterocycles. The third-order valence-electron chi connectivity index (χ3n) is 7.48. The lowest BCUT2D eigenvalue weighted by Crippen LogP contribution is -2.63. The number of azide groups is 1. The molecule has 234 valence electrons. The predicted octanol–water partition coefficient (Wildman–Crippen LogP) is 2.10. The summed E-state index contributed by atoms with van der Waals surface area (Å²) in [5.41, 5.74) is 8.13. The van der Waals surface area contributed by atoms with Gasteiger partial charge in [0.15, 0.2) is 24.5 Å². The van der Waals surface area contributed by atoms with Gasteiger partial charge in [-0.3, -0.25) is 19.1 Å². The van der Waals surface area contributed by atoms with E-state index in [9.17, 15) is 29.5 Å². The number of H-pyrrole nitrogens is 1. The van der Waals surface area contributed by atoms with Gasteiger partial charge in [-0.15, -0.1) is 0 Å². The minimum Gasteiger partial charge on any atom is -0.454 e. The fourth-order valence-corrected chi connectivity index (χ4v) is 5.42. The summed E-state index contributed by atoms with van der Waals surface area (Å²) in [7, 11) is 1.91. The highest BCUT2D eigenvalue weighted by Crippen LogP contribution is 2.36. The number of aromatic nitrogens is 2. The number of carbonyl (C=O) groups excluding carboxylic acids is 3. The highest BCUT2D eigenvalue weighted by Gasteiger charge is 2.54. The van der Waals surface area contributed by atoms with Crippen LogP contribution >= 0.6 is 15.9 Å². The Morgan fingerprint density at radius 3 is 2.04 bits per heavy atom. The van der Waals surface area contributed by atoms with Crippen LogP contribution < -0.4 is 11.2 Å². The number of carbonyl (C=O) groups is 3. The van der Waals surface area contributed by atoms with E-state index in [4.69, 9.17) is 14.2 Å². The molecule has 2 fully saturated rings. The predicted molar refractivity (Wildman–Crippen MR) is 161 cm³/mol. The van der Waals surface area contributed by atoms with Crippen molar-refractivity contribution in [2.45, 2.75) is 30.6 Å². The second-order valence-electron chi connectivity index (χ2n) is 10.4. The maximum Gasteiger partial charge on any atom is 0.338 e. The van der Waals surface area contributed by atoms with Crippen LogP contribution in [0.3, 0.4) is 0 Å². The SMILES string of the molecule is CN1CCN(C(=O)C2OC(n3cc(Br)c(=O)[nH]c3=O)C(OC(=O)c3ccccc3)C(OC(=O)c3ccccc3)C2N=[N+]=[N-])CC1. The third kappa shape index (κ3) is 6.99. The molecule has 2 aromatic carbocycles. The number of nitrogens with one attached hydrogen (secondary N) is 1. The molecule has 0 aliphatic carbocycles. The van der Waals surface area contributed by atoms with E-state index in [0.29, 0.717) is 26.2 Å². The van der Waals surface area contributed by atoms with Crippen molar-refractivity contribution >= 4 is 33.8 Å². The zero-order valence-electron chi connectivity index (χ0n) is 23.9. The minimum atomic E-state index is -1.65. The molecule has 2 aliphatic rings. The van der Waals surface area contributed by atoms with Gasteiger partial charge in [-0.1, -0.05) is 41.5 Å². The largest absolute Gasteiger partial charge is 0.454 e. The van der Waals surface area contributed by atoms with Crippen LogP contribution in [-0.2, 0) is 19.0 Å². The number of benzene rings is 2. The van der Waals surface area contributed by atoms with Crippen LogP contribution in [0.1, 0.15) is 26.9 Å². The van der Waals surface area contributed by atoms with Gasteiger partial charge in [0.25, 0.3) is 11.5 Å². The van der Waals surface area contributed by atoms with Crippen molar-refractivity contribution in [3.05, 3.63) is 114 Å². The summed E-state index contributed by atoms with van der Waals surface area (Å²) < 4.78 is 18.8. The van der Waals surface area contributed by atoms with Crippen LogP contribution in [0.4, 0.5) is 0 Å². The van der Waals surface area contributed by atoms with Crippen LogP contribution in [0.2, 0.25) is 0 Å². The van der Waals surface area contributed by atoms with E-state index in [1.807, 2.05) is 11.9 Å². The summed E-state index contributed by atoms with van der Waals surface area (Å²) in [5, 5.41) is 3.81. The minimum absolute atomic E-state index is 0.0734. The van der Waals surface area contributed by atoms with Crippen LogP contribution in [0, 0.1) is 0 Å². The standard InChI is InChI=1S/C29H28BrN7O8/c1-35-12-14-36(15-13-35)25(39)22-20(33-34-31)21(44-27(40)17-8-4-2-5-9-17)23(45-28(41)18-10-6-3-7-11-18)26(43-22)37-16-19(30)24(38)32-29(37)42/h2-11,16,20-23,26H,12-15H2,1H3,(H,32,38,42). The van der Waals surface area contributed by atoms with Crippen molar-refractivity contribution < 1.29 is 28.6 Å². The second-order valence-corrected chi connectivity index (χ2v) is 11.2. The average molecular weight is 682 g/mol. The normalized spacial score (nSPS) is 23.4. The number of likely N-dealkylation sites (N-methyl/N-ethyl adjacent to an activating group) is 1. The molecule has 0 bridgehead atoms. The summed E-state index contributed by atoms with van der Waals surface area (Å²) in [6.07, 6.45) is -5.37. The number of rotatable bonds is 7. The molecule has 5 atom stereocenters. The van der Waals surface area contributed by atoms with E-state index in [1.54, 1.807) is 36.4 Å². The van der Waals surface area contributed by atoms with Gasteiger partial charge in [-0.2, -0.15) is 0 Å². The Kier molecular flexibility index (Phi) is 9.78. The molecule has 15 nitrogen and oxygen atoms in total. The number of nitrogens with zero attached hydrogens (tertiary/aromatic N) is 6. The Labute approximate surface area is 264 Å². The van der Waals surface area contributed by atoms with Gasteiger partial charge in [0, 0.05) is 37.3 Å². The topological polar surface area (TPSA) is 189 Å². The molecule has 0 radical (unpaired) electrons. The first-order valence-corrected chi connectivity index (χ1v) is 14.7. The van der Waals surface area contributed by atoms with E-state index in [1.165, 1.54) is 29.2 Å². The van der Waals surface area contributed by atoms with E-state index in [0.717, 1.165) is 10.8 Å². The fraction of sp³-hybridized carbons (Fsp3) is 0.345. The molecular formula is C29H28BrN7O8. The quantitative estimate of drug-likeness (QED) is 0.168. The Morgan fingerprint density at radius 1 is 0.933 bits per heavy atom. The van der Waals surface area contributed by atoms with Crippen LogP contribution in [0.15, 0.2) is 86.0 Å². The maximum absolute atomic E-state index is 14.0. The van der Waals surface area contributed by atoms with Crippen molar-refractivity contribution in [2.75, 3.05) is 33.2 Å². The smallest absolute Gasteiger partial charge is 0.338 e. The lowest BCUT2D eigenvalue weighted by atomic mass is 9.93. The number of piperazine rings is 1. The first-order valence-electron chi connectivity index (χ1n) is 13.9. The Balaban J connectivity index is 1.64. The van der Waals surface area contributed by atoms with E-state index < -0.39 is 59.7 Å². The lowest BCUT2D eigenvalue weighted by molar-refractivity contribution is -0.214. The van der Waals surface area contributed by atoms with Crippen molar-refractivity contribution in [2.24, 2.45) is 5.11 Å². The number of hydrogen-bond acceptors (Lipinski definition) is 10. The van der Waals surface area contributed by atoms with Gasteiger partial charge in [0.1, 0.15) is 6.04 Å². The number of aromatic amines is 1. The number of amides is 1. The van der Waals surface area contributed by atoms with Crippen molar-refractivity contribution in [1.29, 1.82) is 0 Å². The van der Waals surface area contributed by atoms with Crippen LogP contribution in [0.5, 0.6) is 0 Å². The van der Waals surface area contributed by atoms with E-state index in [-0.39, 0.29) is 15.6 Å². The van der Waals surface area contributed by atoms with Crippen LogP contribution in [0.25, 0.3) is 10.4 Å². The highest BCUT2D eigenvalue weighted by molar-refractivity contribution is 9.10. The molecule has 1 amide bonds. The van der Waals surface area contributed by atoms with Gasteiger partial charge in [-0.05, 0) is 52.8 Å². The number of ether oxygens (including phenoxy) is 3. The molecular weight excluding hydrogens is 654 g/mol. The molecule has 3 aromatic rings. The highest BCUT2D eigenvalue weighted by atomic mass is 79.9. The first-order chi connectivity index (χ1) is 21.7. The Morgan fingerprint density at radius 2 is 1.49 bits per heavy atom. The monoisotopic (exact) mass is 681 g/mol. The summed E-state index contributed by atoms with van der Waals surface area (Å²) in [4.78, 5) is 74.7. The lowest BCUT2D eigenvalue weighted by Gasteiger charge is -2.45. The van der Waals surface area contributed by atoms with Gasteiger partial charge < -0.3 is 24.0 Å². The second kappa shape index (κ2) is 13.9. The molecule has 1 aromatic heterocycles. The zero-order valence-corrected chi connectivity index (χ0v) is 25.5.